The molecule has 5 atom stereocenters. The zero-order valence-corrected chi connectivity index (χ0v) is 18.0. The molecule has 1 fully saturated rings. The van der Waals surface area contributed by atoms with Gasteiger partial charge in [-0.15, -0.1) is 0 Å². The molecular formula is C25H37NO4. The first-order valence-corrected chi connectivity index (χ1v) is 11.2. The topological polar surface area (TPSA) is 89.8 Å². The predicted molar refractivity (Wildman–Crippen MR) is 120 cm³/mol. The zero-order valence-electron chi connectivity index (χ0n) is 18.0. The summed E-state index contributed by atoms with van der Waals surface area (Å²) in [6, 6.07) is 10.1. The molecule has 4 N–H and O–H groups in total. The van der Waals surface area contributed by atoms with E-state index < -0.39 is 18.3 Å². The molecule has 166 valence electrons. The van der Waals surface area contributed by atoms with E-state index in [1.807, 2.05) is 55.5 Å². The van der Waals surface area contributed by atoms with E-state index in [0.717, 1.165) is 19.3 Å². The molecule has 0 bridgehead atoms. The van der Waals surface area contributed by atoms with E-state index in [9.17, 15) is 20.1 Å². The Labute approximate surface area is 180 Å². The first-order chi connectivity index (χ1) is 14.5. The van der Waals surface area contributed by atoms with Crippen molar-refractivity contribution in [1.82, 2.24) is 5.32 Å². The van der Waals surface area contributed by atoms with Crippen LogP contribution in [-0.2, 0) is 11.2 Å². The Balaban J connectivity index is 1.78. The third kappa shape index (κ3) is 8.42. The Hall–Kier alpha value is -1.95. The summed E-state index contributed by atoms with van der Waals surface area (Å²) in [6.45, 7) is 2.57. The van der Waals surface area contributed by atoms with Crippen molar-refractivity contribution in [2.45, 2.75) is 70.2 Å². The van der Waals surface area contributed by atoms with E-state index in [1.165, 1.54) is 5.56 Å². The summed E-state index contributed by atoms with van der Waals surface area (Å²) in [5, 5.41) is 33.8. The van der Waals surface area contributed by atoms with Gasteiger partial charge in [0.15, 0.2) is 0 Å². The van der Waals surface area contributed by atoms with Crippen LogP contribution in [0, 0.1) is 11.8 Å². The molecule has 0 aromatic heterocycles. The lowest BCUT2D eigenvalue weighted by atomic mass is 9.89. The fraction of sp³-hybridized carbons (Fsp3) is 0.560. The molecule has 0 heterocycles. The van der Waals surface area contributed by atoms with Crippen LogP contribution in [0.2, 0.25) is 0 Å². The lowest BCUT2D eigenvalue weighted by Crippen LogP contribution is -2.21. The number of aliphatic hydroxyl groups is 3. The van der Waals surface area contributed by atoms with E-state index in [4.69, 9.17) is 0 Å². The molecule has 0 spiro atoms. The number of carbonyl (C=O) groups excluding carboxylic acids is 1. The molecule has 1 aliphatic rings. The lowest BCUT2D eigenvalue weighted by Gasteiger charge is -2.19. The van der Waals surface area contributed by atoms with Crippen molar-refractivity contribution in [3.8, 4) is 0 Å². The molecule has 1 amide bonds. The smallest absolute Gasteiger partial charge is 0.219 e. The lowest BCUT2D eigenvalue weighted by molar-refractivity contribution is -0.121. The number of allylic oxidation sites excluding steroid dienone is 2. The number of rotatable bonds is 12. The van der Waals surface area contributed by atoms with Crippen molar-refractivity contribution in [3.05, 3.63) is 60.2 Å². The van der Waals surface area contributed by atoms with Crippen LogP contribution in [0.5, 0.6) is 0 Å². The number of unbranched alkanes of at least 4 members (excludes halogenated alkanes) is 1. The van der Waals surface area contributed by atoms with Gasteiger partial charge in [0.2, 0.25) is 5.91 Å². The number of nitrogens with one attached hydrogen (secondary N) is 1. The van der Waals surface area contributed by atoms with E-state index in [2.05, 4.69) is 5.32 Å². The van der Waals surface area contributed by atoms with E-state index in [1.54, 1.807) is 6.08 Å². The largest absolute Gasteiger partial charge is 0.393 e. The molecule has 5 nitrogen and oxygen atoms in total. The van der Waals surface area contributed by atoms with Gasteiger partial charge in [-0.2, -0.15) is 0 Å². The Morgan fingerprint density at radius 3 is 2.70 bits per heavy atom. The number of carbonyl (C=O) groups is 1. The highest BCUT2D eigenvalue weighted by Crippen LogP contribution is 2.36. The number of aliphatic hydroxyl groups excluding tert-OH is 3. The average molecular weight is 416 g/mol. The van der Waals surface area contributed by atoms with E-state index >= 15 is 0 Å². The molecule has 0 saturated heterocycles. The quantitative estimate of drug-likeness (QED) is 0.312. The molecule has 1 aliphatic carbocycles. The third-order valence-electron chi connectivity index (χ3n) is 5.77. The molecule has 4 unspecified atom stereocenters. The minimum absolute atomic E-state index is 0.0581. The van der Waals surface area contributed by atoms with Gasteiger partial charge in [-0.1, -0.05) is 54.6 Å². The second-order valence-corrected chi connectivity index (χ2v) is 8.14. The summed E-state index contributed by atoms with van der Waals surface area (Å²) >= 11 is 0. The Morgan fingerprint density at radius 1 is 1.20 bits per heavy atom. The maximum absolute atomic E-state index is 11.4. The van der Waals surface area contributed by atoms with Crippen LogP contribution in [0.25, 0.3) is 0 Å². The minimum Gasteiger partial charge on any atom is -0.393 e. The van der Waals surface area contributed by atoms with Gasteiger partial charge in [0, 0.05) is 25.3 Å². The summed E-state index contributed by atoms with van der Waals surface area (Å²) in [6.07, 6.45) is 10.6. The fourth-order valence-electron chi connectivity index (χ4n) is 4.06. The third-order valence-corrected chi connectivity index (χ3v) is 5.77. The van der Waals surface area contributed by atoms with E-state index in [0.29, 0.717) is 32.2 Å². The van der Waals surface area contributed by atoms with E-state index in [-0.39, 0.29) is 17.7 Å². The second kappa shape index (κ2) is 13.4. The van der Waals surface area contributed by atoms with Crippen molar-refractivity contribution >= 4 is 5.91 Å². The maximum Gasteiger partial charge on any atom is 0.219 e. The molecule has 5 heteroatoms. The number of amides is 1. The van der Waals surface area contributed by atoms with Crippen molar-refractivity contribution < 1.29 is 20.1 Å². The first-order valence-electron chi connectivity index (χ1n) is 11.2. The summed E-state index contributed by atoms with van der Waals surface area (Å²) in [4.78, 5) is 11.4. The Kier molecular flexibility index (Phi) is 10.8. The molecule has 2 rings (SSSR count). The van der Waals surface area contributed by atoms with Gasteiger partial charge in [0.05, 0.1) is 18.3 Å². The highest BCUT2D eigenvalue weighted by molar-refractivity contribution is 5.75. The van der Waals surface area contributed by atoms with Gasteiger partial charge in [-0.3, -0.25) is 4.79 Å². The Bertz CT molecular complexity index is 673. The van der Waals surface area contributed by atoms with Gasteiger partial charge in [-0.25, -0.2) is 0 Å². The van der Waals surface area contributed by atoms with Crippen molar-refractivity contribution in [2.24, 2.45) is 11.8 Å². The number of hydrogen-bond donors (Lipinski definition) is 4. The van der Waals surface area contributed by atoms with Crippen LogP contribution in [-0.4, -0.2) is 46.1 Å². The zero-order chi connectivity index (χ0) is 21.8. The van der Waals surface area contributed by atoms with Crippen molar-refractivity contribution in [2.75, 3.05) is 6.54 Å². The molecule has 1 aromatic carbocycles. The summed E-state index contributed by atoms with van der Waals surface area (Å²) < 4.78 is 0. The van der Waals surface area contributed by atoms with Gasteiger partial charge >= 0.3 is 0 Å². The highest BCUT2D eigenvalue weighted by atomic mass is 16.3. The standard InChI is InChI=1S/C25H37NO4/c1-2-26-25(30)13-9-4-3-8-12-21-22(24(29)18-23(21)28)17-16-20(27)15-14-19-10-6-5-7-11-19/h3,5-8,10-11,16-17,20-24,27-29H,2,4,9,12-15,18H2,1H3,(H,26,30)/b8-3-,17-16+/t20?,21?,22-,23?,24?/m0/s1. The Morgan fingerprint density at radius 2 is 1.97 bits per heavy atom. The minimum atomic E-state index is -0.589. The summed E-state index contributed by atoms with van der Waals surface area (Å²) in [7, 11) is 0. The van der Waals surface area contributed by atoms with Crippen LogP contribution in [0.1, 0.15) is 51.0 Å². The average Bonchev–Trinajstić information content (AvgIpc) is 3.00. The van der Waals surface area contributed by atoms with Crippen molar-refractivity contribution in [1.29, 1.82) is 0 Å². The van der Waals surface area contributed by atoms with Gasteiger partial charge in [0.1, 0.15) is 0 Å². The molecule has 0 aliphatic heterocycles. The predicted octanol–water partition coefficient (Wildman–Crippen LogP) is 3.15. The van der Waals surface area contributed by atoms with Gasteiger partial charge in [0.25, 0.3) is 0 Å². The number of hydrogen-bond acceptors (Lipinski definition) is 4. The maximum atomic E-state index is 11.4. The van der Waals surface area contributed by atoms with Crippen LogP contribution in [0.15, 0.2) is 54.6 Å². The van der Waals surface area contributed by atoms with Gasteiger partial charge < -0.3 is 20.6 Å². The second-order valence-electron chi connectivity index (χ2n) is 8.14. The van der Waals surface area contributed by atoms with Crippen LogP contribution < -0.4 is 5.32 Å². The SMILES string of the molecule is CCNC(=O)CCC/C=C\CC1C(O)CC(O)[C@H]1/C=C/C(O)CCc1ccccc1. The monoisotopic (exact) mass is 415 g/mol. The molecule has 1 saturated carbocycles. The number of benzene rings is 1. The summed E-state index contributed by atoms with van der Waals surface area (Å²) in [5.41, 5.74) is 1.19. The van der Waals surface area contributed by atoms with Crippen LogP contribution >= 0.6 is 0 Å². The van der Waals surface area contributed by atoms with Crippen LogP contribution in [0.4, 0.5) is 0 Å². The van der Waals surface area contributed by atoms with Crippen molar-refractivity contribution in [3.63, 3.8) is 0 Å². The molecular weight excluding hydrogens is 378 g/mol. The van der Waals surface area contributed by atoms with Crippen LogP contribution in [0.3, 0.4) is 0 Å². The number of aryl methyl sites for hydroxylation is 1. The highest BCUT2D eigenvalue weighted by Gasteiger charge is 2.39. The first kappa shape index (κ1) is 24.3. The molecule has 1 aromatic rings. The molecule has 30 heavy (non-hydrogen) atoms. The van der Waals surface area contributed by atoms with Gasteiger partial charge in [-0.05, 0) is 50.5 Å². The fourth-order valence-corrected chi connectivity index (χ4v) is 4.06. The summed E-state index contributed by atoms with van der Waals surface area (Å²) in [5.74, 6) is -0.139. The molecule has 0 radical (unpaired) electrons. The normalized spacial score (nSPS) is 25.2.